The molecule has 3 unspecified atom stereocenters. The molecule has 1 aromatic rings. The molecule has 3 nitrogen and oxygen atoms in total. The summed E-state index contributed by atoms with van der Waals surface area (Å²) in [5.74, 6) is 1.88. The van der Waals surface area contributed by atoms with E-state index in [1.54, 1.807) is 0 Å². The van der Waals surface area contributed by atoms with Gasteiger partial charge in [0.25, 0.3) is 0 Å². The van der Waals surface area contributed by atoms with Gasteiger partial charge in [-0.15, -0.1) is 0 Å². The average Bonchev–Trinajstić information content (AvgIpc) is 3.10. The van der Waals surface area contributed by atoms with Crippen LogP contribution in [0.5, 0.6) is 5.75 Å². The molecule has 2 aliphatic rings. The van der Waals surface area contributed by atoms with Gasteiger partial charge in [-0.3, -0.25) is 4.90 Å². The highest BCUT2D eigenvalue weighted by Gasteiger charge is 2.40. The highest BCUT2D eigenvalue weighted by molar-refractivity contribution is 5.30. The Kier molecular flexibility index (Phi) is 4.27. The van der Waals surface area contributed by atoms with E-state index < -0.39 is 0 Å². The van der Waals surface area contributed by atoms with Gasteiger partial charge in [0.2, 0.25) is 0 Å². The Morgan fingerprint density at radius 1 is 1.30 bits per heavy atom. The van der Waals surface area contributed by atoms with Crippen LogP contribution in [0.2, 0.25) is 0 Å². The third-order valence-electron chi connectivity index (χ3n) is 4.81. The van der Waals surface area contributed by atoms with Gasteiger partial charge in [0.1, 0.15) is 5.75 Å². The fourth-order valence-electron chi connectivity index (χ4n) is 3.81. The Balaban J connectivity index is 1.69. The predicted octanol–water partition coefficient (Wildman–Crippen LogP) is 2.96. The van der Waals surface area contributed by atoms with Crippen LogP contribution >= 0.6 is 0 Å². The minimum absolute atomic E-state index is 0.380. The first-order valence-electron chi connectivity index (χ1n) is 8.00. The molecule has 3 heteroatoms. The van der Waals surface area contributed by atoms with Gasteiger partial charge in [0, 0.05) is 25.2 Å². The highest BCUT2D eigenvalue weighted by atomic mass is 16.5. The molecule has 0 radical (unpaired) electrons. The van der Waals surface area contributed by atoms with Gasteiger partial charge in [0.15, 0.2) is 0 Å². The summed E-state index contributed by atoms with van der Waals surface area (Å²) in [6.45, 7) is 4.86. The maximum Gasteiger partial charge on any atom is 0.119 e. The van der Waals surface area contributed by atoms with Crippen molar-refractivity contribution in [2.45, 2.75) is 44.7 Å². The van der Waals surface area contributed by atoms with Crippen molar-refractivity contribution < 1.29 is 4.74 Å². The number of nitrogens with zero attached hydrogens (tertiary/aromatic N) is 1. The van der Waals surface area contributed by atoms with Gasteiger partial charge in [-0.2, -0.15) is 0 Å². The van der Waals surface area contributed by atoms with Gasteiger partial charge in [-0.25, -0.2) is 0 Å². The molecular weight excluding hydrogens is 248 g/mol. The molecule has 1 saturated heterocycles. The average molecular weight is 274 g/mol. The summed E-state index contributed by atoms with van der Waals surface area (Å²) in [7, 11) is 0. The third-order valence-corrected chi connectivity index (χ3v) is 4.81. The van der Waals surface area contributed by atoms with Crippen LogP contribution in [0.25, 0.3) is 0 Å². The van der Waals surface area contributed by atoms with Gasteiger partial charge >= 0.3 is 0 Å². The minimum Gasteiger partial charge on any atom is -0.494 e. The van der Waals surface area contributed by atoms with E-state index in [4.69, 9.17) is 10.5 Å². The second-order valence-electron chi connectivity index (χ2n) is 6.20. The summed E-state index contributed by atoms with van der Waals surface area (Å²) < 4.78 is 5.65. The Bertz CT molecular complexity index is 431. The lowest BCUT2D eigenvalue weighted by Crippen LogP contribution is -2.39. The van der Waals surface area contributed by atoms with Gasteiger partial charge < -0.3 is 10.5 Å². The second-order valence-corrected chi connectivity index (χ2v) is 6.20. The van der Waals surface area contributed by atoms with E-state index >= 15 is 0 Å². The number of hydrogen-bond acceptors (Lipinski definition) is 3. The van der Waals surface area contributed by atoms with Crippen LogP contribution in [0, 0.1) is 5.92 Å². The molecule has 1 aliphatic carbocycles. The van der Waals surface area contributed by atoms with E-state index in [1.807, 2.05) is 0 Å². The largest absolute Gasteiger partial charge is 0.494 e. The molecule has 3 atom stereocenters. The molecule has 0 amide bonds. The minimum atomic E-state index is 0.380. The molecule has 1 aliphatic heterocycles. The molecule has 2 bridgehead atoms. The highest BCUT2D eigenvalue weighted by Crippen LogP contribution is 2.41. The SMILES string of the molecule is CCCOc1ccc(C(CN)N2CC3CCC2C3)cc1. The first-order valence-corrected chi connectivity index (χ1v) is 8.00. The summed E-state index contributed by atoms with van der Waals surface area (Å²) in [5, 5.41) is 0. The topological polar surface area (TPSA) is 38.5 Å². The van der Waals surface area contributed by atoms with E-state index in [-0.39, 0.29) is 0 Å². The normalized spacial score (nSPS) is 26.9. The van der Waals surface area contributed by atoms with Crippen molar-refractivity contribution in [3.05, 3.63) is 29.8 Å². The molecule has 2 fully saturated rings. The van der Waals surface area contributed by atoms with Crippen molar-refractivity contribution in [3.8, 4) is 5.75 Å². The molecule has 1 aromatic carbocycles. The number of fused-ring (bicyclic) bond motifs is 2. The molecule has 2 N–H and O–H groups in total. The summed E-state index contributed by atoms with van der Waals surface area (Å²) in [4.78, 5) is 2.63. The fourth-order valence-corrected chi connectivity index (χ4v) is 3.81. The molecule has 3 rings (SSSR count). The zero-order valence-corrected chi connectivity index (χ0v) is 12.4. The number of piperidine rings is 1. The second kappa shape index (κ2) is 6.15. The standard InChI is InChI=1S/C17H26N2O/c1-2-9-20-16-7-4-14(5-8-16)17(11-18)19-12-13-3-6-15(19)10-13/h4-5,7-8,13,15,17H,2-3,6,9-12,18H2,1H3. The van der Waals surface area contributed by atoms with Gasteiger partial charge in [0.05, 0.1) is 6.61 Å². The van der Waals surface area contributed by atoms with Gasteiger partial charge in [-0.1, -0.05) is 19.1 Å². The Labute approximate surface area is 122 Å². The number of benzene rings is 1. The monoisotopic (exact) mass is 274 g/mol. The maximum atomic E-state index is 6.06. The molecule has 1 heterocycles. The van der Waals surface area contributed by atoms with Crippen molar-refractivity contribution in [1.82, 2.24) is 4.90 Å². The van der Waals surface area contributed by atoms with Crippen molar-refractivity contribution >= 4 is 0 Å². The summed E-state index contributed by atoms with van der Waals surface area (Å²) in [5.41, 5.74) is 7.40. The lowest BCUT2D eigenvalue weighted by atomic mass is 10.0. The van der Waals surface area contributed by atoms with Crippen molar-refractivity contribution in [1.29, 1.82) is 0 Å². The summed E-state index contributed by atoms with van der Waals surface area (Å²) >= 11 is 0. The lowest BCUT2D eigenvalue weighted by Gasteiger charge is -2.34. The quantitative estimate of drug-likeness (QED) is 0.866. The van der Waals surface area contributed by atoms with Crippen molar-refractivity contribution in [2.75, 3.05) is 19.7 Å². The van der Waals surface area contributed by atoms with Crippen LogP contribution in [0.15, 0.2) is 24.3 Å². The zero-order valence-electron chi connectivity index (χ0n) is 12.4. The first-order chi connectivity index (χ1) is 9.81. The summed E-state index contributed by atoms with van der Waals surface area (Å²) in [6, 6.07) is 9.70. The molecule has 1 saturated carbocycles. The lowest BCUT2D eigenvalue weighted by molar-refractivity contribution is 0.153. The van der Waals surface area contributed by atoms with E-state index in [9.17, 15) is 0 Å². The maximum absolute atomic E-state index is 6.06. The number of rotatable bonds is 6. The third kappa shape index (κ3) is 2.70. The fraction of sp³-hybridized carbons (Fsp3) is 0.647. The Morgan fingerprint density at radius 3 is 2.65 bits per heavy atom. The first kappa shape index (κ1) is 13.9. The predicted molar refractivity (Wildman–Crippen MR) is 81.9 cm³/mol. The van der Waals surface area contributed by atoms with E-state index in [2.05, 4.69) is 36.1 Å². The zero-order chi connectivity index (χ0) is 13.9. The molecular formula is C17H26N2O. The molecule has 0 aromatic heterocycles. The number of hydrogen-bond donors (Lipinski definition) is 1. The van der Waals surface area contributed by atoms with Gasteiger partial charge in [-0.05, 0) is 49.3 Å². The Morgan fingerprint density at radius 2 is 2.10 bits per heavy atom. The van der Waals surface area contributed by atoms with Crippen LogP contribution in [-0.4, -0.2) is 30.6 Å². The van der Waals surface area contributed by atoms with Crippen LogP contribution in [-0.2, 0) is 0 Å². The van der Waals surface area contributed by atoms with E-state index in [0.29, 0.717) is 12.6 Å². The van der Waals surface area contributed by atoms with Crippen LogP contribution in [0.4, 0.5) is 0 Å². The molecule has 20 heavy (non-hydrogen) atoms. The molecule has 0 spiro atoms. The number of ether oxygens (including phenoxy) is 1. The molecule has 110 valence electrons. The number of nitrogens with two attached hydrogens (primary N) is 1. The van der Waals surface area contributed by atoms with E-state index in [0.717, 1.165) is 30.7 Å². The summed E-state index contributed by atoms with van der Waals surface area (Å²) in [6.07, 6.45) is 5.21. The van der Waals surface area contributed by atoms with Crippen LogP contribution < -0.4 is 10.5 Å². The smallest absolute Gasteiger partial charge is 0.119 e. The number of likely N-dealkylation sites (tertiary alicyclic amines) is 1. The van der Waals surface area contributed by atoms with Crippen molar-refractivity contribution in [3.63, 3.8) is 0 Å². The van der Waals surface area contributed by atoms with E-state index in [1.165, 1.54) is 31.4 Å². The van der Waals surface area contributed by atoms with Crippen molar-refractivity contribution in [2.24, 2.45) is 11.7 Å². The van der Waals surface area contributed by atoms with Crippen LogP contribution in [0.1, 0.15) is 44.2 Å². The van der Waals surface area contributed by atoms with Crippen LogP contribution in [0.3, 0.4) is 0 Å². The Hall–Kier alpha value is -1.06.